The molecule has 0 spiro atoms. The van der Waals surface area contributed by atoms with E-state index < -0.39 is 32.2 Å². The van der Waals surface area contributed by atoms with Crippen molar-refractivity contribution in [1.29, 1.82) is 0 Å². The number of amides is 1. The average molecular weight is 482 g/mol. The topological polar surface area (TPSA) is 80.8 Å². The molecular weight excluding hydrogens is 465 g/mol. The number of hydrogen-bond donors (Lipinski definition) is 0. The highest BCUT2D eigenvalue weighted by Crippen LogP contribution is 2.49. The van der Waals surface area contributed by atoms with Crippen LogP contribution in [-0.2, 0) is 25.8 Å². The second-order valence-electron chi connectivity index (χ2n) is 7.14. The number of rotatable bonds is 5. The molecule has 0 radical (unpaired) electrons. The van der Waals surface area contributed by atoms with Crippen molar-refractivity contribution >= 4 is 37.5 Å². The van der Waals surface area contributed by atoms with E-state index in [-0.39, 0.29) is 30.2 Å². The third kappa shape index (κ3) is 2.90. The zero-order chi connectivity index (χ0) is 21.0. The minimum Gasteiger partial charge on any atom is -0.496 e. The van der Waals surface area contributed by atoms with Gasteiger partial charge in [-0.3, -0.25) is 9.59 Å². The van der Waals surface area contributed by atoms with Gasteiger partial charge in [-0.25, -0.2) is 12.8 Å². The van der Waals surface area contributed by atoms with Crippen LogP contribution in [0.4, 0.5) is 4.39 Å². The number of carbonyl (C=O) groups is 2. The first kappa shape index (κ1) is 20.0. The SMILES string of the molecule is COc1ccc(F)cc1CC1CN2C(=O)CC2(S(=O)(=O)c2ccc(Br)cc2)C1=O. The van der Waals surface area contributed by atoms with Crippen molar-refractivity contribution in [3.05, 3.63) is 58.3 Å². The lowest BCUT2D eigenvalue weighted by Crippen LogP contribution is -2.67. The Morgan fingerprint density at radius 2 is 1.90 bits per heavy atom. The summed E-state index contributed by atoms with van der Waals surface area (Å²) in [5, 5.41) is 0. The normalized spacial score (nSPS) is 23.7. The molecule has 2 aromatic rings. The van der Waals surface area contributed by atoms with Crippen molar-refractivity contribution in [1.82, 2.24) is 4.90 Å². The molecule has 2 unspecified atom stereocenters. The average Bonchev–Trinajstić information content (AvgIpc) is 2.90. The summed E-state index contributed by atoms with van der Waals surface area (Å²) < 4.78 is 46.3. The number of hydrogen-bond acceptors (Lipinski definition) is 5. The smallest absolute Gasteiger partial charge is 0.228 e. The predicted molar refractivity (Wildman–Crippen MR) is 106 cm³/mol. The van der Waals surface area contributed by atoms with E-state index in [4.69, 9.17) is 4.74 Å². The van der Waals surface area contributed by atoms with Crippen molar-refractivity contribution in [2.24, 2.45) is 5.92 Å². The van der Waals surface area contributed by atoms with E-state index in [2.05, 4.69) is 15.9 Å². The van der Waals surface area contributed by atoms with Crippen LogP contribution in [0.2, 0.25) is 0 Å². The third-order valence-electron chi connectivity index (χ3n) is 5.56. The summed E-state index contributed by atoms with van der Waals surface area (Å²) in [7, 11) is -2.69. The van der Waals surface area contributed by atoms with Gasteiger partial charge in [0.2, 0.25) is 20.6 Å². The first-order chi connectivity index (χ1) is 13.7. The molecule has 2 aliphatic heterocycles. The Balaban J connectivity index is 1.71. The molecule has 2 heterocycles. The second-order valence-corrected chi connectivity index (χ2v) is 10.2. The summed E-state index contributed by atoms with van der Waals surface area (Å²) in [4.78, 5) is 24.7. The highest BCUT2D eigenvalue weighted by molar-refractivity contribution is 9.10. The fourth-order valence-electron chi connectivity index (χ4n) is 4.11. The number of benzene rings is 2. The molecule has 2 aromatic carbocycles. The fourth-order valence-corrected chi connectivity index (χ4v) is 6.47. The van der Waals surface area contributed by atoms with Crippen LogP contribution >= 0.6 is 15.9 Å². The van der Waals surface area contributed by atoms with E-state index in [0.29, 0.717) is 15.8 Å². The third-order valence-corrected chi connectivity index (χ3v) is 8.44. The molecule has 152 valence electrons. The first-order valence-corrected chi connectivity index (χ1v) is 11.2. The van der Waals surface area contributed by atoms with Gasteiger partial charge < -0.3 is 9.64 Å². The Bertz CT molecular complexity index is 1120. The lowest BCUT2D eigenvalue weighted by Gasteiger charge is -2.44. The van der Waals surface area contributed by atoms with Crippen molar-refractivity contribution in [3.63, 3.8) is 0 Å². The van der Waals surface area contributed by atoms with Gasteiger partial charge in [0.25, 0.3) is 0 Å². The molecule has 9 heteroatoms. The number of carbonyl (C=O) groups excluding carboxylic acids is 2. The standard InChI is InChI=1S/C20H17BrFNO5S/c1-28-17-7-4-15(22)9-12(17)8-13-11-23-18(24)10-20(23,19(13)25)29(26,27)16-5-2-14(21)3-6-16/h2-7,9,13H,8,10-11H2,1H3. The van der Waals surface area contributed by atoms with Crippen LogP contribution in [0.3, 0.4) is 0 Å². The zero-order valence-electron chi connectivity index (χ0n) is 15.4. The van der Waals surface area contributed by atoms with Gasteiger partial charge in [-0.05, 0) is 54.4 Å². The number of methoxy groups -OCH3 is 1. The number of ketones is 1. The van der Waals surface area contributed by atoms with Crippen LogP contribution in [0.15, 0.2) is 51.8 Å². The van der Waals surface area contributed by atoms with E-state index >= 15 is 0 Å². The van der Waals surface area contributed by atoms with Crippen molar-refractivity contribution in [2.45, 2.75) is 22.6 Å². The van der Waals surface area contributed by atoms with Gasteiger partial charge in [-0.2, -0.15) is 0 Å². The van der Waals surface area contributed by atoms with Crippen LogP contribution in [0.1, 0.15) is 12.0 Å². The molecule has 29 heavy (non-hydrogen) atoms. The van der Waals surface area contributed by atoms with Crippen molar-refractivity contribution in [3.8, 4) is 5.75 Å². The zero-order valence-corrected chi connectivity index (χ0v) is 17.8. The van der Waals surface area contributed by atoms with E-state index in [1.165, 1.54) is 37.4 Å². The van der Waals surface area contributed by atoms with E-state index in [9.17, 15) is 22.4 Å². The Hall–Kier alpha value is -2.26. The Labute approximate surface area is 175 Å². The monoisotopic (exact) mass is 481 g/mol. The molecule has 1 amide bonds. The molecule has 0 bridgehead atoms. The summed E-state index contributed by atoms with van der Waals surface area (Å²) in [6.07, 6.45) is -0.290. The fraction of sp³-hybridized carbons (Fsp3) is 0.300. The summed E-state index contributed by atoms with van der Waals surface area (Å²) in [6.45, 7) is -0.0207. The molecule has 4 rings (SSSR count). The van der Waals surface area contributed by atoms with Crippen LogP contribution in [0.25, 0.3) is 0 Å². The number of halogens is 2. The number of fused-ring (bicyclic) bond motifs is 1. The largest absolute Gasteiger partial charge is 0.496 e. The lowest BCUT2D eigenvalue weighted by atomic mass is 9.92. The van der Waals surface area contributed by atoms with Gasteiger partial charge in [-0.1, -0.05) is 15.9 Å². The summed E-state index contributed by atoms with van der Waals surface area (Å²) >= 11 is 3.25. The Kier molecular flexibility index (Phi) is 4.77. The quantitative estimate of drug-likeness (QED) is 0.613. The Morgan fingerprint density at radius 3 is 2.52 bits per heavy atom. The predicted octanol–water partition coefficient (Wildman–Crippen LogP) is 2.74. The van der Waals surface area contributed by atoms with Crippen LogP contribution < -0.4 is 4.74 Å². The number of sulfone groups is 1. The number of Topliss-reactive ketones (excluding diaryl/α,β-unsaturated/α-hetero) is 1. The van der Waals surface area contributed by atoms with Crippen LogP contribution in [0.5, 0.6) is 5.75 Å². The molecule has 2 aliphatic rings. The Morgan fingerprint density at radius 1 is 1.21 bits per heavy atom. The van der Waals surface area contributed by atoms with Gasteiger partial charge in [0.05, 0.1) is 18.4 Å². The van der Waals surface area contributed by atoms with Gasteiger partial charge >= 0.3 is 0 Å². The van der Waals surface area contributed by atoms with E-state index in [1.807, 2.05) is 0 Å². The highest BCUT2D eigenvalue weighted by atomic mass is 79.9. The maximum atomic E-state index is 13.7. The minimum absolute atomic E-state index is 0.0180. The van der Waals surface area contributed by atoms with Crippen LogP contribution in [0, 0.1) is 11.7 Å². The highest BCUT2D eigenvalue weighted by Gasteiger charge is 2.70. The second kappa shape index (κ2) is 6.91. The number of nitrogens with zero attached hydrogens (tertiary/aromatic N) is 1. The van der Waals surface area contributed by atoms with Gasteiger partial charge in [0.15, 0.2) is 5.78 Å². The van der Waals surface area contributed by atoms with Crippen LogP contribution in [-0.4, -0.2) is 43.5 Å². The summed E-state index contributed by atoms with van der Waals surface area (Å²) in [5.74, 6) is -1.76. The van der Waals surface area contributed by atoms with E-state index in [0.717, 1.165) is 4.90 Å². The van der Waals surface area contributed by atoms with Crippen molar-refractivity contribution in [2.75, 3.05) is 13.7 Å². The number of ether oxygens (including phenoxy) is 1. The van der Waals surface area contributed by atoms with Gasteiger partial charge in [0, 0.05) is 16.9 Å². The van der Waals surface area contributed by atoms with Gasteiger partial charge in [0.1, 0.15) is 11.6 Å². The molecular formula is C20H17BrFNO5S. The van der Waals surface area contributed by atoms with E-state index in [1.54, 1.807) is 12.1 Å². The summed E-state index contributed by atoms with van der Waals surface area (Å²) in [5.41, 5.74) is 0.456. The minimum atomic E-state index is -4.12. The molecule has 0 saturated carbocycles. The molecule has 2 fully saturated rings. The first-order valence-electron chi connectivity index (χ1n) is 8.88. The molecule has 0 N–H and O–H groups in total. The van der Waals surface area contributed by atoms with Crippen molar-refractivity contribution < 1.29 is 27.1 Å². The molecule has 2 atom stereocenters. The molecule has 0 aliphatic carbocycles. The molecule has 6 nitrogen and oxygen atoms in total. The maximum absolute atomic E-state index is 13.7. The summed E-state index contributed by atoms with van der Waals surface area (Å²) in [6, 6.07) is 9.93. The van der Waals surface area contributed by atoms with Gasteiger partial charge in [-0.15, -0.1) is 0 Å². The lowest BCUT2D eigenvalue weighted by molar-refractivity contribution is -0.150. The maximum Gasteiger partial charge on any atom is 0.228 e. The molecule has 0 aromatic heterocycles. The molecule has 2 saturated heterocycles. The number of β-lactam (4-membered cyclic amide) rings is 1.